The Kier molecular flexibility index (Phi) is 5.04. The molecule has 0 unspecified atom stereocenters. The zero-order valence-corrected chi connectivity index (χ0v) is 12.0. The molecule has 0 radical (unpaired) electrons. The Hall–Kier alpha value is -2.15. The molecule has 0 bridgehead atoms. The van der Waals surface area contributed by atoms with Crippen LogP contribution in [0, 0.1) is 10.1 Å². The molecule has 2 amide bonds. The molecule has 0 spiro atoms. The Morgan fingerprint density at radius 2 is 1.90 bits per heavy atom. The van der Waals surface area contributed by atoms with E-state index in [0.717, 1.165) is 11.0 Å². The number of benzene rings is 1. The van der Waals surface area contributed by atoms with Crippen molar-refractivity contribution in [1.29, 1.82) is 0 Å². The van der Waals surface area contributed by atoms with Crippen LogP contribution in [0.1, 0.15) is 10.4 Å². The number of nitro groups is 1. The second kappa shape index (κ2) is 6.33. The van der Waals surface area contributed by atoms with E-state index in [-0.39, 0.29) is 28.7 Å². The zero-order chi connectivity index (χ0) is 15.4. The Bertz CT molecular complexity index is 560. The summed E-state index contributed by atoms with van der Waals surface area (Å²) in [6.45, 7) is -0.134. The molecule has 7 nitrogen and oxygen atoms in total. The van der Waals surface area contributed by atoms with Gasteiger partial charge < -0.3 is 9.80 Å². The van der Waals surface area contributed by atoms with Crippen molar-refractivity contribution < 1.29 is 14.5 Å². The lowest BCUT2D eigenvalue weighted by Crippen LogP contribution is -2.37. The number of carbonyl (C=O) groups excluding carboxylic acids is 2. The maximum absolute atomic E-state index is 12.1. The predicted octanol–water partition coefficient (Wildman–Crippen LogP) is 1.41. The number of halogens is 1. The van der Waals surface area contributed by atoms with Gasteiger partial charge in [0.15, 0.2) is 0 Å². The summed E-state index contributed by atoms with van der Waals surface area (Å²) in [4.78, 5) is 36.3. The van der Waals surface area contributed by atoms with Crippen LogP contribution in [0.25, 0.3) is 0 Å². The SMILES string of the molecule is CN(C)C(=O)CN(C)C(=O)c1cc([N+](=O)[O-])ccc1Cl. The quantitative estimate of drug-likeness (QED) is 0.621. The lowest BCUT2D eigenvalue weighted by Gasteiger charge is -2.19. The van der Waals surface area contributed by atoms with Gasteiger partial charge in [0.2, 0.25) is 5.91 Å². The van der Waals surface area contributed by atoms with Gasteiger partial charge in [0.05, 0.1) is 22.1 Å². The highest BCUT2D eigenvalue weighted by atomic mass is 35.5. The van der Waals surface area contributed by atoms with Crippen LogP contribution in [0.3, 0.4) is 0 Å². The van der Waals surface area contributed by atoms with E-state index in [2.05, 4.69) is 0 Å². The number of nitrogens with zero attached hydrogens (tertiary/aromatic N) is 3. The molecular formula is C12H14ClN3O4. The first-order valence-electron chi connectivity index (χ1n) is 5.63. The fourth-order valence-electron chi connectivity index (χ4n) is 1.41. The molecule has 1 aromatic rings. The van der Waals surface area contributed by atoms with Gasteiger partial charge in [-0.2, -0.15) is 0 Å². The van der Waals surface area contributed by atoms with Gasteiger partial charge in [0.25, 0.3) is 11.6 Å². The van der Waals surface area contributed by atoms with Crippen LogP contribution in [-0.2, 0) is 4.79 Å². The van der Waals surface area contributed by atoms with E-state index in [1.165, 1.54) is 24.1 Å². The first-order chi connectivity index (χ1) is 9.23. The molecule has 0 atom stereocenters. The first kappa shape index (κ1) is 15.9. The molecule has 1 rings (SSSR count). The number of hydrogen-bond donors (Lipinski definition) is 0. The van der Waals surface area contributed by atoms with E-state index < -0.39 is 10.8 Å². The van der Waals surface area contributed by atoms with Crippen molar-refractivity contribution in [2.24, 2.45) is 0 Å². The molecule has 8 heteroatoms. The van der Waals surface area contributed by atoms with Crippen molar-refractivity contribution in [3.8, 4) is 0 Å². The minimum Gasteiger partial charge on any atom is -0.347 e. The van der Waals surface area contributed by atoms with Crippen molar-refractivity contribution in [3.63, 3.8) is 0 Å². The summed E-state index contributed by atoms with van der Waals surface area (Å²) in [7, 11) is 4.57. The van der Waals surface area contributed by atoms with Gasteiger partial charge >= 0.3 is 0 Å². The highest BCUT2D eigenvalue weighted by Gasteiger charge is 2.21. The molecule has 0 N–H and O–H groups in total. The fourth-order valence-corrected chi connectivity index (χ4v) is 1.61. The average Bonchev–Trinajstić information content (AvgIpc) is 2.37. The Labute approximate surface area is 120 Å². The van der Waals surface area contributed by atoms with E-state index in [4.69, 9.17) is 11.6 Å². The van der Waals surface area contributed by atoms with Crippen molar-refractivity contribution in [3.05, 3.63) is 38.9 Å². The standard InChI is InChI=1S/C12H14ClN3O4/c1-14(2)11(17)7-15(3)12(18)9-6-8(16(19)20)4-5-10(9)13/h4-6H,7H2,1-3H3. The van der Waals surface area contributed by atoms with Crippen LogP contribution in [0.2, 0.25) is 5.02 Å². The largest absolute Gasteiger partial charge is 0.347 e. The highest BCUT2D eigenvalue weighted by molar-refractivity contribution is 6.34. The van der Waals surface area contributed by atoms with Crippen LogP contribution in [0.5, 0.6) is 0 Å². The van der Waals surface area contributed by atoms with E-state index in [9.17, 15) is 19.7 Å². The number of non-ortho nitro benzene ring substituents is 1. The van der Waals surface area contributed by atoms with Gasteiger partial charge in [-0.25, -0.2) is 0 Å². The maximum Gasteiger partial charge on any atom is 0.270 e. The van der Waals surface area contributed by atoms with Crippen LogP contribution in [0.15, 0.2) is 18.2 Å². The van der Waals surface area contributed by atoms with Gasteiger partial charge in [0, 0.05) is 33.3 Å². The number of carbonyl (C=O) groups is 2. The maximum atomic E-state index is 12.1. The third-order valence-corrected chi connectivity index (χ3v) is 2.94. The molecule has 108 valence electrons. The Morgan fingerprint density at radius 1 is 1.30 bits per heavy atom. The highest BCUT2D eigenvalue weighted by Crippen LogP contribution is 2.23. The van der Waals surface area contributed by atoms with E-state index >= 15 is 0 Å². The average molecular weight is 300 g/mol. The lowest BCUT2D eigenvalue weighted by molar-refractivity contribution is -0.384. The molecule has 0 aliphatic rings. The summed E-state index contributed by atoms with van der Waals surface area (Å²) in [6, 6.07) is 3.60. The number of hydrogen-bond acceptors (Lipinski definition) is 4. The summed E-state index contributed by atoms with van der Waals surface area (Å²) in [5.74, 6) is -0.809. The molecular weight excluding hydrogens is 286 g/mol. The van der Waals surface area contributed by atoms with Crippen LogP contribution in [-0.4, -0.2) is 54.2 Å². The predicted molar refractivity (Wildman–Crippen MR) is 73.8 cm³/mol. The number of rotatable bonds is 4. The molecule has 20 heavy (non-hydrogen) atoms. The van der Waals surface area contributed by atoms with Crippen molar-refractivity contribution in [1.82, 2.24) is 9.80 Å². The first-order valence-corrected chi connectivity index (χ1v) is 6.01. The topological polar surface area (TPSA) is 83.8 Å². The summed E-state index contributed by atoms with van der Waals surface area (Å²) in [5, 5.41) is 10.8. The second-order valence-corrected chi connectivity index (χ2v) is 4.78. The fraction of sp³-hybridized carbons (Fsp3) is 0.333. The smallest absolute Gasteiger partial charge is 0.270 e. The summed E-state index contributed by atoms with van der Waals surface area (Å²) >= 11 is 5.87. The number of nitro benzene ring substituents is 1. The van der Waals surface area contributed by atoms with Crippen molar-refractivity contribution in [2.45, 2.75) is 0 Å². The molecule has 0 saturated carbocycles. The van der Waals surface area contributed by atoms with Crippen LogP contribution < -0.4 is 0 Å². The molecule has 0 aromatic heterocycles. The van der Waals surface area contributed by atoms with Crippen LogP contribution in [0.4, 0.5) is 5.69 Å². The summed E-state index contributed by atoms with van der Waals surface area (Å²) < 4.78 is 0. The molecule has 0 saturated heterocycles. The normalized spacial score (nSPS) is 10.0. The zero-order valence-electron chi connectivity index (χ0n) is 11.3. The molecule has 0 aliphatic carbocycles. The summed E-state index contributed by atoms with van der Waals surface area (Å²) in [6.07, 6.45) is 0. The van der Waals surface area contributed by atoms with Gasteiger partial charge in [0.1, 0.15) is 0 Å². The minimum atomic E-state index is -0.613. The Balaban J connectivity index is 2.99. The van der Waals surface area contributed by atoms with Crippen molar-refractivity contribution in [2.75, 3.05) is 27.7 Å². The Morgan fingerprint density at radius 3 is 2.40 bits per heavy atom. The molecule has 0 heterocycles. The van der Waals surface area contributed by atoms with Gasteiger partial charge in [-0.1, -0.05) is 11.6 Å². The van der Waals surface area contributed by atoms with Crippen LogP contribution >= 0.6 is 11.6 Å². The van der Waals surface area contributed by atoms with E-state index in [0.29, 0.717) is 0 Å². The van der Waals surface area contributed by atoms with Crippen molar-refractivity contribution >= 4 is 29.1 Å². The minimum absolute atomic E-state index is 0.00470. The third-order valence-electron chi connectivity index (χ3n) is 2.61. The second-order valence-electron chi connectivity index (χ2n) is 4.37. The van der Waals surface area contributed by atoms with Gasteiger partial charge in [-0.3, -0.25) is 19.7 Å². The molecule has 0 fully saturated rings. The van der Waals surface area contributed by atoms with E-state index in [1.54, 1.807) is 14.1 Å². The monoisotopic (exact) mass is 299 g/mol. The number of amides is 2. The lowest BCUT2D eigenvalue weighted by atomic mass is 10.1. The van der Waals surface area contributed by atoms with E-state index in [1.807, 2.05) is 0 Å². The summed E-state index contributed by atoms with van der Waals surface area (Å²) in [5.41, 5.74) is -0.236. The number of likely N-dealkylation sites (N-methyl/N-ethyl adjacent to an activating group) is 2. The molecule has 0 aliphatic heterocycles. The van der Waals surface area contributed by atoms with Gasteiger partial charge in [-0.05, 0) is 6.07 Å². The molecule has 1 aromatic carbocycles. The third kappa shape index (κ3) is 3.67. The van der Waals surface area contributed by atoms with Gasteiger partial charge in [-0.15, -0.1) is 0 Å².